The Balaban J connectivity index is 1.50. The van der Waals surface area contributed by atoms with E-state index in [0.717, 1.165) is 22.4 Å². The maximum Gasteiger partial charge on any atom is 0.253 e. The van der Waals surface area contributed by atoms with Crippen LogP contribution in [0.1, 0.15) is 45.7 Å². The fraction of sp³-hybridized carbons (Fsp3) is 0.273. The third-order valence-corrected chi connectivity index (χ3v) is 8.33. The first-order valence-corrected chi connectivity index (χ1v) is 13.4. The molecule has 3 atom stereocenters. The van der Waals surface area contributed by atoms with E-state index in [4.69, 9.17) is 9.15 Å². The van der Waals surface area contributed by atoms with Crippen LogP contribution in [0.4, 0.5) is 5.69 Å². The number of rotatable bonds is 7. The highest BCUT2D eigenvalue weighted by Crippen LogP contribution is 2.57. The Morgan fingerprint density at radius 1 is 1.00 bits per heavy atom. The standard InChI is InChI=1S/C33H32N2O4/c1-4-38-25-17-15-23(16-18-25)31(36)30-26(29-14-9-19-39-29)21-34(3)33(30)27-12-7-8-13-28(27)35(32(33)37)20-24-11-6-5-10-22(24)2/h5-19,26,30H,4,20-21H2,1-3H3/t26-,30+,33+/m1/s1. The number of furan rings is 1. The molecule has 1 saturated heterocycles. The van der Waals surface area contributed by atoms with Gasteiger partial charge in [-0.1, -0.05) is 42.5 Å². The second-order valence-electron chi connectivity index (χ2n) is 10.4. The Morgan fingerprint density at radius 3 is 2.46 bits per heavy atom. The summed E-state index contributed by atoms with van der Waals surface area (Å²) in [4.78, 5) is 33.2. The molecule has 0 radical (unpaired) electrons. The lowest BCUT2D eigenvalue weighted by Crippen LogP contribution is -2.53. The van der Waals surface area contributed by atoms with Gasteiger partial charge in [0.1, 0.15) is 17.0 Å². The molecular weight excluding hydrogens is 488 g/mol. The number of para-hydroxylation sites is 1. The maximum atomic E-state index is 14.8. The van der Waals surface area contributed by atoms with E-state index in [9.17, 15) is 9.59 Å². The number of hydrogen-bond donors (Lipinski definition) is 0. The number of carbonyl (C=O) groups excluding carboxylic acids is 2. The zero-order chi connectivity index (χ0) is 27.1. The van der Waals surface area contributed by atoms with Gasteiger partial charge in [-0.2, -0.15) is 0 Å². The molecule has 4 aromatic rings. The van der Waals surface area contributed by atoms with Crippen molar-refractivity contribution < 1.29 is 18.7 Å². The molecule has 1 spiro atoms. The first-order chi connectivity index (χ1) is 19.0. The van der Waals surface area contributed by atoms with Gasteiger partial charge in [0.05, 0.1) is 25.3 Å². The van der Waals surface area contributed by atoms with Crippen LogP contribution in [0.2, 0.25) is 0 Å². The average Bonchev–Trinajstić information content (AvgIpc) is 3.64. The summed E-state index contributed by atoms with van der Waals surface area (Å²) in [6, 6.07) is 27.0. The molecular formula is C33H32N2O4. The van der Waals surface area contributed by atoms with Crippen molar-refractivity contribution in [2.24, 2.45) is 5.92 Å². The third-order valence-electron chi connectivity index (χ3n) is 8.33. The van der Waals surface area contributed by atoms with Crippen LogP contribution < -0.4 is 9.64 Å². The molecule has 1 aromatic heterocycles. The van der Waals surface area contributed by atoms with E-state index in [2.05, 4.69) is 24.0 Å². The first-order valence-electron chi connectivity index (χ1n) is 13.4. The van der Waals surface area contributed by atoms with E-state index in [1.807, 2.05) is 79.5 Å². The smallest absolute Gasteiger partial charge is 0.253 e. The van der Waals surface area contributed by atoms with Crippen LogP contribution in [0.5, 0.6) is 5.75 Å². The minimum atomic E-state index is -1.16. The lowest BCUT2D eigenvalue weighted by Gasteiger charge is -2.36. The number of carbonyl (C=O) groups is 2. The number of anilines is 1. The number of amides is 1. The van der Waals surface area contributed by atoms with Crippen LogP contribution in [0, 0.1) is 12.8 Å². The normalized spacial score (nSPS) is 22.4. The maximum absolute atomic E-state index is 14.8. The van der Waals surface area contributed by atoms with Crippen molar-refractivity contribution in [2.75, 3.05) is 25.1 Å². The number of likely N-dealkylation sites (N-methyl/N-ethyl adjacent to an activating group) is 1. The Kier molecular flexibility index (Phi) is 6.35. The number of fused-ring (bicyclic) bond motifs is 2. The van der Waals surface area contributed by atoms with Crippen LogP contribution in [0.15, 0.2) is 95.6 Å². The minimum Gasteiger partial charge on any atom is -0.494 e. The molecule has 3 aromatic carbocycles. The number of ether oxygens (including phenoxy) is 1. The molecule has 2 aliphatic heterocycles. The molecule has 0 unspecified atom stereocenters. The molecule has 1 amide bonds. The Bertz CT molecular complexity index is 1510. The molecule has 0 saturated carbocycles. The molecule has 2 aliphatic rings. The fourth-order valence-electron chi connectivity index (χ4n) is 6.51. The Hall–Kier alpha value is -4.16. The topological polar surface area (TPSA) is 63.0 Å². The number of Topliss-reactive ketones (excluding diaryl/α,β-unsaturated/α-hetero) is 1. The van der Waals surface area contributed by atoms with Crippen LogP contribution >= 0.6 is 0 Å². The van der Waals surface area contributed by atoms with E-state index in [0.29, 0.717) is 36.8 Å². The molecule has 0 aliphatic carbocycles. The highest BCUT2D eigenvalue weighted by Gasteiger charge is 2.66. The SMILES string of the molecule is CCOc1ccc(C(=O)[C@@H]2[C@@H](c3ccco3)CN(C)[C@]23C(=O)N(Cc2ccccc2C)c2ccccc23)cc1. The Labute approximate surface area is 228 Å². The summed E-state index contributed by atoms with van der Waals surface area (Å²) in [6.07, 6.45) is 1.63. The molecule has 6 nitrogen and oxygen atoms in total. The highest BCUT2D eigenvalue weighted by molar-refractivity contribution is 6.13. The van der Waals surface area contributed by atoms with Gasteiger partial charge in [-0.25, -0.2) is 0 Å². The van der Waals surface area contributed by atoms with E-state index in [1.54, 1.807) is 18.4 Å². The molecule has 6 heteroatoms. The van der Waals surface area contributed by atoms with E-state index in [1.165, 1.54) is 0 Å². The van der Waals surface area contributed by atoms with Crippen LogP contribution in [0.3, 0.4) is 0 Å². The number of ketones is 1. The van der Waals surface area contributed by atoms with Gasteiger partial charge < -0.3 is 14.1 Å². The number of hydrogen-bond acceptors (Lipinski definition) is 5. The predicted molar refractivity (Wildman–Crippen MR) is 150 cm³/mol. The van der Waals surface area contributed by atoms with Gasteiger partial charge in [0.25, 0.3) is 5.91 Å². The van der Waals surface area contributed by atoms with Crippen LogP contribution in [-0.2, 0) is 16.9 Å². The van der Waals surface area contributed by atoms with Gasteiger partial charge in [-0.05, 0) is 74.5 Å². The zero-order valence-corrected chi connectivity index (χ0v) is 22.5. The second kappa shape index (κ2) is 9.86. The number of likely N-dealkylation sites (tertiary alicyclic amines) is 1. The summed E-state index contributed by atoms with van der Waals surface area (Å²) in [5.74, 6) is 0.298. The highest BCUT2D eigenvalue weighted by atomic mass is 16.5. The third kappa shape index (κ3) is 3.90. The van der Waals surface area contributed by atoms with Gasteiger partial charge >= 0.3 is 0 Å². The van der Waals surface area contributed by atoms with Gasteiger partial charge in [0.15, 0.2) is 5.78 Å². The summed E-state index contributed by atoms with van der Waals surface area (Å²) in [5.41, 5.74) is 3.31. The Morgan fingerprint density at radius 2 is 1.74 bits per heavy atom. The molecule has 198 valence electrons. The van der Waals surface area contributed by atoms with Crippen molar-refractivity contribution in [3.63, 3.8) is 0 Å². The quantitative estimate of drug-likeness (QED) is 0.282. The van der Waals surface area contributed by atoms with Crippen molar-refractivity contribution in [2.45, 2.75) is 31.8 Å². The summed E-state index contributed by atoms with van der Waals surface area (Å²) in [7, 11) is 1.95. The molecule has 0 N–H and O–H groups in total. The summed E-state index contributed by atoms with van der Waals surface area (Å²) >= 11 is 0. The summed E-state index contributed by atoms with van der Waals surface area (Å²) < 4.78 is 11.5. The van der Waals surface area contributed by atoms with Crippen LogP contribution in [-0.4, -0.2) is 36.8 Å². The van der Waals surface area contributed by atoms with Gasteiger partial charge in [-0.15, -0.1) is 0 Å². The molecule has 1 fully saturated rings. The van der Waals surface area contributed by atoms with Gasteiger partial charge in [-0.3, -0.25) is 14.5 Å². The lowest BCUT2D eigenvalue weighted by atomic mass is 9.71. The van der Waals surface area contributed by atoms with Crippen molar-refractivity contribution >= 4 is 17.4 Å². The molecule has 3 heterocycles. The number of benzene rings is 3. The largest absolute Gasteiger partial charge is 0.494 e. The zero-order valence-electron chi connectivity index (χ0n) is 22.5. The first kappa shape index (κ1) is 25.1. The lowest BCUT2D eigenvalue weighted by molar-refractivity contribution is -0.129. The van der Waals surface area contributed by atoms with Crippen molar-refractivity contribution in [1.29, 1.82) is 0 Å². The van der Waals surface area contributed by atoms with Gasteiger partial charge in [0, 0.05) is 29.3 Å². The average molecular weight is 521 g/mol. The second-order valence-corrected chi connectivity index (χ2v) is 10.4. The minimum absolute atomic E-state index is 0.0761. The summed E-state index contributed by atoms with van der Waals surface area (Å²) in [5, 5.41) is 0. The molecule has 39 heavy (non-hydrogen) atoms. The number of nitrogens with zero attached hydrogens (tertiary/aromatic N) is 2. The van der Waals surface area contributed by atoms with Crippen molar-refractivity contribution in [3.8, 4) is 5.75 Å². The van der Waals surface area contributed by atoms with Crippen molar-refractivity contribution in [1.82, 2.24) is 4.90 Å². The molecule has 0 bridgehead atoms. The van der Waals surface area contributed by atoms with E-state index >= 15 is 0 Å². The predicted octanol–water partition coefficient (Wildman–Crippen LogP) is 5.96. The van der Waals surface area contributed by atoms with Crippen LogP contribution in [0.25, 0.3) is 0 Å². The summed E-state index contributed by atoms with van der Waals surface area (Å²) in [6.45, 7) is 5.49. The number of aryl methyl sites for hydroxylation is 1. The fourth-order valence-corrected chi connectivity index (χ4v) is 6.51. The van der Waals surface area contributed by atoms with Gasteiger partial charge in [0.2, 0.25) is 0 Å². The molecule has 6 rings (SSSR count). The van der Waals surface area contributed by atoms with E-state index in [-0.39, 0.29) is 17.6 Å². The van der Waals surface area contributed by atoms with Crippen molar-refractivity contribution in [3.05, 3.63) is 119 Å². The van der Waals surface area contributed by atoms with E-state index < -0.39 is 11.5 Å². The monoisotopic (exact) mass is 520 g/mol.